The van der Waals surface area contributed by atoms with Gasteiger partial charge in [0.25, 0.3) is 5.91 Å². The number of piperidine rings is 2. The minimum absolute atomic E-state index is 0.0666. The number of rotatable bonds is 4. The average Bonchev–Trinajstić information content (AvgIpc) is 3.17. The number of fused-ring (bicyclic) bond motifs is 1. The molecule has 2 aliphatic rings. The lowest BCUT2D eigenvalue weighted by molar-refractivity contribution is -0.139. The van der Waals surface area contributed by atoms with E-state index in [0.29, 0.717) is 24.9 Å². The maximum atomic E-state index is 12.9. The molecule has 144 valence electrons. The third-order valence-electron chi connectivity index (χ3n) is 6.14. The van der Waals surface area contributed by atoms with Crippen molar-refractivity contribution < 1.29 is 19.1 Å². The molecular weight excluding hydrogens is 344 g/mol. The fourth-order valence-corrected chi connectivity index (χ4v) is 4.44. The molecule has 2 aliphatic heterocycles. The summed E-state index contributed by atoms with van der Waals surface area (Å²) in [6, 6.07) is 7.44. The third kappa shape index (κ3) is 3.58. The van der Waals surface area contributed by atoms with Crippen LogP contribution in [0.2, 0.25) is 0 Å². The molecule has 4 rings (SSSR count). The second-order valence-electron chi connectivity index (χ2n) is 7.86. The summed E-state index contributed by atoms with van der Waals surface area (Å²) in [6.07, 6.45) is 5.60. The van der Waals surface area contributed by atoms with Crippen LogP contribution in [-0.4, -0.2) is 59.5 Å². The topological polar surface area (TPSA) is 74.0 Å². The van der Waals surface area contributed by atoms with Crippen molar-refractivity contribution in [2.45, 2.75) is 32.1 Å². The second kappa shape index (κ2) is 7.35. The van der Waals surface area contributed by atoms with E-state index in [2.05, 4.69) is 0 Å². The number of aliphatic hydroxyl groups is 1. The van der Waals surface area contributed by atoms with E-state index in [4.69, 9.17) is 9.52 Å². The zero-order valence-corrected chi connectivity index (χ0v) is 15.5. The molecule has 0 aliphatic carbocycles. The van der Waals surface area contributed by atoms with Crippen LogP contribution in [0.3, 0.4) is 0 Å². The van der Waals surface area contributed by atoms with Crippen molar-refractivity contribution in [3.63, 3.8) is 0 Å². The second-order valence-corrected chi connectivity index (χ2v) is 7.86. The lowest BCUT2D eigenvalue weighted by atomic mass is 9.72. The van der Waals surface area contributed by atoms with Crippen LogP contribution in [-0.2, 0) is 4.79 Å². The molecule has 0 unspecified atom stereocenters. The maximum Gasteiger partial charge on any atom is 0.253 e. The van der Waals surface area contributed by atoms with Gasteiger partial charge in [-0.05, 0) is 55.4 Å². The molecule has 2 aromatic rings. The summed E-state index contributed by atoms with van der Waals surface area (Å²) in [5.41, 5.74) is 1.61. The van der Waals surface area contributed by atoms with Crippen molar-refractivity contribution >= 4 is 22.8 Å². The molecule has 1 aromatic heterocycles. The third-order valence-corrected chi connectivity index (χ3v) is 6.14. The number of aliphatic hydroxyl groups excluding tert-OH is 1. The van der Waals surface area contributed by atoms with E-state index in [1.165, 1.54) is 0 Å². The Hall–Kier alpha value is -2.34. The summed E-state index contributed by atoms with van der Waals surface area (Å²) < 4.78 is 5.35. The quantitative estimate of drug-likeness (QED) is 0.898. The number of carbonyl (C=O) groups is 2. The molecule has 6 heteroatoms. The summed E-state index contributed by atoms with van der Waals surface area (Å²) in [5.74, 6) is 0.262. The highest BCUT2D eigenvalue weighted by Gasteiger charge is 2.41. The van der Waals surface area contributed by atoms with E-state index in [9.17, 15) is 9.59 Å². The first-order valence-corrected chi connectivity index (χ1v) is 9.75. The fraction of sp³-hybridized carbons (Fsp3) is 0.524. The van der Waals surface area contributed by atoms with Gasteiger partial charge in [-0.15, -0.1) is 0 Å². The van der Waals surface area contributed by atoms with Crippen LogP contribution in [0.1, 0.15) is 42.5 Å². The molecular formula is C21H26N2O4. The predicted molar refractivity (Wildman–Crippen MR) is 101 cm³/mol. The number of benzene rings is 1. The highest BCUT2D eigenvalue weighted by Crippen LogP contribution is 2.40. The summed E-state index contributed by atoms with van der Waals surface area (Å²) in [6.45, 7) is 2.95. The van der Waals surface area contributed by atoms with E-state index >= 15 is 0 Å². The summed E-state index contributed by atoms with van der Waals surface area (Å²) in [5, 5.41) is 10.00. The Morgan fingerprint density at radius 3 is 2.78 bits per heavy atom. The van der Waals surface area contributed by atoms with Crippen LogP contribution in [0, 0.1) is 5.41 Å². The van der Waals surface area contributed by atoms with Crippen molar-refractivity contribution in [1.82, 2.24) is 9.80 Å². The van der Waals surface area contributed by atoms with Gasteiger partial charge in [-0.1, -0.05) is 0 Å². The van der Waals surface area contributed by atoms with Crippen molar-refractivity contribution in [2.75, 3.05) is 32.8 Å². The van der Waals surface area contributed by atoms with Gasteiger partial charge in [-0.25, -0.2) is 0 Å². The largest absolute Gasteiger partial charge is 0.464 e. The van der Waals surface area contributed by atoms with Crippen LogP contribution in [0.4, 0.5) is 0 Å². The van der Waals surface area contributed by atoms with Gasteiger partial charge in [-0.2, -0.15) is 0 Å². The minimum atomic E-state index is 0.0666. The summed E-state index contributed by atoms with van der Waals surface area (Å²) >= 11 is 0. The van der Waals surface area contributed by atoms with Crippen LogP contribution in [0.15, 0.2) is 34.9 Å². The van der Waals surface area contributed by atoms with Gasteiger partial charge in [0, 0.05) is 50.2 Å². The normalized spacial score (nSPS) is 19.8. The number of carbonyl (C=O) groups excluding carboxylic acids is 2. The highest BCUT2D eigenvalue weighted by atomic mass is 16.3. The molecule has 0 radical (unpaired) electrons. The molecule has 2 amide bonds. The first kappa shape index (κ1) is 18.0. The molecule has 27 heavy (non-hydrogen) atoms. The predicted octanol–water partition coefficient (Wildman–Crippen LogP) is 2.66. The Labute approximate surface area is 158 Å². The Morgan fingerprint density at radius 1 is 1.19 bits per heavy atom. The Balaban J connectivity index is 1.40. The molecule has 2 saturated heterocycles. The molecule has 1 aromatic carbocycles. The monoisotopic (exact) mass is 370 g/mol. The lowest BCUT2D eigenvalue weighted by Gasteiger charge is -2.47. The van der Waals surface area contributed by atoms with Crippen molar-refractivity contribution in [3.05, 3.63) is 36.1 Å². The van der Waals surface area contributed by atoms with Crippen molar-refractivity contribution in [1.29, 1.82) is 0 Å². The van der Waals surface area contributed by atoms with Gasteiger partial charge in [0.1, 0.15) is 5.58 Å². The standard InChI is InChI=1S/C21H26N2O4/c24-12-1-9-23-15-21(6-4-19(23)25)7-10-22(11-8-21)20(26)17-2-3-18-16(14-17)5-13-27-18/h2-3,5,13-14,24H,1,4,6-12,15H2. The summed E-state index contributed by atoms with van der Waals surface area (Å²) in [4.78, 5) is 28.9. The van der Waals surface area contributed by atoms with E-state index in [-0.39, 0.29) is 23.8 Å². The van der Waals surface area contributed by atoms with Crippen LogP contribution in [0.5, 0.6) is 0 Å². The van der Waals surface area contributed by atoms with Crippen LogP contribution in [0.25, 0.3) is 11.0 Å². The average molecular weight is 370 g/mol. The van der Waals surface area contributed by atoms with E-state index < -0.39 is 0 Å². The smallest absolute Gasteiger partial charge is 0.253 e. The molecule has 0 bridgehead atoms. The lowest BCUT2D eigenvalue weighted by Crippen LogP contribution is -2.52. The number of amides is 2. The molecule has 3 heterocycles. The van der Waals surface area contributed by atoms with Crippen LogP contribution >= 0.6 is 0 Å². The number of furan rings is 1. The van der Waals surface area contributed by atoms with Crippen molar-refractivity contribution in [2.24, 2.45) is 5.41 Å². The minimum Gasteiger partial charge on any atom is -0.464 e. The number of likely N-dealkylation sites (tertiary alicyclic amines) is 2. The zero-order chi connectivity index (χ0) is 18.9. The highest BCUT2D eigenvalue weighted by molar-refractivity contribution is 5.97. The SMILES string of the molecule is O=C1CCC2(CCN(C(=O)c3ccc4occc4c3)CC2)CN1CCCO. The maximum absolute atomic E-state index is 12.9. The van der Waals surface area contributed by atoms with Crippen molar-refractivity contribution in [3.8, 4) is 0 Å². The number of nitrogens with zero attached hydrogens (tertiary/aromatic N) is 2. The van der Waals surface area contributed by atoms with Gasteiger partial charge in [-0.3, -0.25) is 9.59 Å². The zero-order valence-electron chi connectivity index (χ0n) is 15.5. The number of hydrogen-bond donors (Lipinski definition) is 1. The van der Waals surface area contributed by atoms with Gasteiger partial charge >= 0.3 is 0 Å². The summed E-state index contributed by atoms with van der Waals surface area (Å²) in [7, 11) is 0. The van der Waals surface area contributed by atoms with Gasteiger partial charge in [0.15, 0.2) is 0 Å². The molecule has 6 nitrogen and oxygen atoms in total. The first-order valence-electron chi connectivity index (χ1n) is 9.75. The molecule has 1 N–H and O–H groups in total. The molecule has 1 spiro atoms. The van der Waals surface area contributed by atoms with E-state index in [0.717, 1.165) is 49.9 Å². The Kier molecular flexibility index (Phi) is 4.91. The molecule has 0 atom stereocenters. The van der Waals surface area contributed by atoms with Gasteiger partial charge in [0.05, 0.1) is 6.26 Å². The molecule has 0 saturated carbocycles. The van der Waals surface area contributed by atoms with E-state index in [1.54, 1.807) is 6.26 Å². The first-order chi connectivity index (χ1) is 13.1. The number of hydrogen-bond acceptors (Lipinski definition) is 4. The fourth-order valence-electron chi connectivity index (χ4n) is 4.44. The van der Waals surface area contributed by atoms with E-state index in [1.807, 2.05) is 34.1 Å². The Morgan fingerprint density at radius 2 is 2.00 bits per heavy atom. The molecule has 2 fully saturated rings. The van der Waals surface area contributed by atoms with Gasteiger partial charge < -0.3 is 19.3 Å². The Bertz CT molecular complexity index is 836. The van der Waals surface area contributed by atoms with Crippen LogP contribution < -0.4 is 0 Å². The van der Waals surface area contributed by atoms with Gasteiger partial charge in [0.2, 0.25) is 5.91 Å².